The molecule has 22 heavy (non-hydrogen) atoms. The predicted octanol–water partition coefficient (Wildman–Crippen LogP) is 3.15. The second kappa shape index (κ2) is 5.81. The molecule has 1 aliphatic rings. The fourth-order valence-corrected chi connectivity index (χ4v) is 2.77. The molecule has 0 bridgehead atoms. The summed E-state index contributed by atoms with van der Waals surface area (Å²) in [5.41, 5.74) is 2.08. The van der Waals surface area contributed by atoms with Gasteiger partial charge in [-0.25, -0.2) is 4.79 Å². The number of amides is 3. The first kappa shape index (κ1) is 14.6. The number of benzene rings is 1. The number of imide groups is 1. The van der Waals surface area contributed by atoms with Crippen LogP contribution in [0.1, 0.15) is 12.6 Å². The molecule has 0 aliphatic carbocycles. The van der Waals surface area contributed by atoms with E-state index < -0.39 is 0 Å². The Balaban J connectivity index is 1.98. The number of nitrogens with zero attached hydrogens (tertiary/aromatic N) is 2. The van der Waals surface area contributed by atoms with Crippen molar-refractivity contribution in [3.05, 3.63) is 58.5 Å². The number of halogens is 1. The molecule has 2 aromatic rings. The minimum absolute atomic E-state index is 0.293. The van der Waals surface area contributed by atoms with Crippen molar-refractivity contribution in [2.24, 2.45) is 0 Å². The molecule has 1 aromatic carbocycles. The molecular weight excluding hydrogens is 346 g/mol. The molecule has 1 aromatic heterocycles. The van der Waals surface area contributed by atoms with Crippen molar-refractivity contribution in [2.45, 2.75) is 6.92 Å². The zero-order valence-corrected chi connectivity index (χ0v) is 13.5. The van der Waals surface area contributed by atoms with Crippen LogP contribution in [-0.2, 0) is 4.79 Å². The van der Waals surface area contributed by atoms with Gasteiger partial charge in [0.25, 0.3) is 5.91 Å². The van der Waals surface area contributed by atoms with Gasteiger partial charge in [-0.1, -0.05) is 22.0 Å². The Morgan fingerprint density at radius 1 is 1.23 bits per heavy atom. The summed E-state index contributed by atoms with van der Waals surface area (Å²) in [4.78, 5) is 25.0. The highest BCUT2D eigenvalue weighted by molar-refractivity contribution is 9.10. The van der Waals surface area contributed by atoms with Gasteiger partial charge in [0.05, 0.1) is 0 Å². The molecule has 2 heterocycles. The second-order valence-electron chi connectivity index (χ2n) is 4.82. The largest absolute Gasteiger partial charge is 0.328 e. The third kappa shape index (κ3) is 2.57. The molecule has 6 heteroatoms. The first-order valence-electron chi connectivity index (χ1n) is 6.88. The minimum Gasteiger partial charge on any atom is -0.317 e. The lowest BCUT2D eigenvalue weighted by Crippen LogP contribution is -2.30. The van der Waals surface area contributed by atoms with Crippen LogP contribution in [-0.4, -0.2) is 28.0 Å². The average molecular weight is 360 g/mol. The van der Waals surface area contributed by atoms with Gasteiger partial charge in [-0.05, 0) is 43.3 Å². The third-order valence-electron chi connectivity index (χ3n) is 3.44. The molecular formula is C16H14BrN3O2. The highest BCUT2D eigenvalue weighted by Gasteiger charge is 2.32. The topological polar surface area (TPSA) is 54.3 Å². The monoisotopic (exact) mass is 359 g/mol. The smallest absolute Gasteiger partial charge is 0.317 e. The van der Waals surface area contributed by atoms with Gasteiger partial charge in [0.1, 0.15) is 5.70 Å². The normalized spacial score (nSPS) is 16.5. The number of carbonyl (C=O) groups is 2. The SMILES string of the molecule is CCN1C(=O)N/C(=C/c2cccn2-c2cccc(Br)c2)C1=O. The van der Waals surface area contributed by atoms with Gasteiger partial charge in [-0.15, -0.1) is 0 Å². The Kier molecular flexibility index (Phi) is 3.85. The molecule has 0 unspecified atom stereocenters. The molecule has 1 N–H and O–H groups in total. The number of rotatable bonds is 3. The summed E-state index contributed by atoms with van der Waals surface area (Å²) in [6.45, 7) is 2.12. The fraction of sp³-hybridized carbons (Fsp3) is 0.125. The summed E-state index contributed by atoms with van der Waals surface area (Å²) < 4.78 is 2.92. The van der Waals surface area contributed by atoms with Gasteiger partial charge >= 0.3 is 6.03 Å². The molecule has 112 valence electrons. The average Bonchev–Trinajstić information content (AvgIpc) is 3.05. The van der Waals surface area contributed by atoms with Gasteiger partial charge in [-0.3, -0.25) is 9.69 Å². The summed E-state index contributed by atoms with van der Waals surface area (Å²) in [6.07, 6.45) is 3.60. The Hall–Kier alpha value is -2.34. The van der Waals surface area contributed by atoms with Gasteiger partial charge in [0, 0.05) is 28.6 Å². The van der Waals surface area contributed by atoms with Crippen LogP contribution in [0.2, 0.25) is 0 Å². The highest BCUT2D eigenvalue weighted by Crippen LogP contribution is 2.20. The molecule has 0 radical (unpaired) electrons. The van der Waals surface area contributed by atoms with Crippen molar-refractivity contribution >= 4 is 33.9 Å². The molecule has 3 rings (SSSR count). The number of hydrogen-bond acceptors (Lipinski definition) is 2. The van der Waals surface area contributed by atoms with Crippen LogP contribution in [0.15, 0.2) is 52.8 Å². The van der Waals surface area contributed by atoms with Gasteiger partial charge in [0.2, 0.25) is 0 Å². The van der Waals surface area contributed by atoms with E-state index in [-0.39, 0.29) is 11.9 Å². The van der Waals surface area contributed by atoms with Crippen LogP contribution in [0.25, 0.3) is 11.8 Å². The van der Waals surface area contributed by atoms with Crippen LogP contribution in [0.5, 0.6) is 0 Å². The van der Waals surface area contributed by atoms with Gasteiger partial charge < -0.3 is 9.88 Å². The molecule has 1 aliphatic heterocycles. The number of carbonyl (C=O) groups excluding carboxylic acids is 2. The Labute approximate surface area is 136 Å². The lowest BCUT2D eigenvalue weighted by atomic mass is 10.3. The number of urea groups is 1. The predicted molar refractivity (Wildman–Crippen MR) is 87.4 cm³/mol. The summed E-state index contributed by atoms with van der Waals surface area (Å²) in [5.74, 6) is -0.297. The molecule has 0 spiro atoms. The Morgan fingerprint density at radius 3 is 2.73 bits per heavy atom. The Morgan fingerprint density at radius 2 is 2.05 bits per heavy atom. The maximum Gasteiger partial charge on any atom is 0.328 e. The molecule has 3 amide bonds. The minimum atomic E-state index is -0.376. The van der Waals surface area contributed by atoms with Crippen molar-refractivity contribution in [1.82, 2.24) is 14.8 Å². The lowest BCUT2D eigenvalue weighted by molar-refractivity contribution is -0.122. The summed E-state index contributed by atoms with van der Waals surface area (Å²) in [5, 5.41) is 2.61. The van der Waals surface area contributed by atoms with E-state index >= 15 is 0 Å². The van der Waals surface area contributed by atoms with Gasteiger partial charge in [-0.2, -0.15) is 0 Å². The zero-order chi connectivity index (χ0) is 15.7. The van der Waals surface area contributed by atoms with E-state index in [0.717, 1.165) is 15.9 Å². The Bertz CT molecular complexity index is 779. The van der Waals surface area contributed by atoms with Crippen LogP contribution in [0.4, 0.5) is 4.79 Å². The number of aromatic nitrogens is 1. The highest BCUT2D eigenvalue weighted by atomic mass is 79.9. The molecule has 1 fully saturated rings. The zero-order valence-electron chi connectivity index (χ0n) is 11.9. The van der Waals surface area contributed by atoms with Crippen LogP contribution in [0.3, 0.4) is 0 Å². The molecule has 5 nitrogen and oxygen atoms in total. The van der Waals surface area contributed by atoms with E-state index in [0.29, 0.717) is 12.2 Å². The molecule has 0 atom stereocenters. The van der Waals surface area contributed by atoms with E-state index in [1.54, 1.807) is 13.0 Å². The van der Waals surface area contributed by atoms with Crippen LogP contribution in [0, 0.1) is 0 Å². The summed E-state index contributed by atoms with van der Waals surface area (Å²) >= 11 is 3.45. The van der Waals surface area contributed by atoms with Crippen LogP contribution >= 0.6 is 15.9 Å². The van der Waals surface area contributed by atoms with Crippen molar-refractivity contribution < 1.29 is 9.59 Å². The standard InChI is InChI=1S/C16H14BrN3O2/c1-2-19-15(21)14(18-16(19)22)10-13-7-4-8-20(13)12-6-3-5-11(17)9-12/h3-10H,2H2,1H3,(H,18,22)/b14-10+. The molecule has 1 saturated heterocycles. The van der Waals surface area contributed by atoms with E-state index in [4.69, 9.17) is 0 Å². The van der Waals surface area contributed by atoms with Crippen molar-refractivity contribution in [3.63, 3.8) is 0 Å². The van der Waals surface area contributed by atoms with Crippen molar-refractivity contribution in [3.8, 4) is 5.69 Å². The van der Waals surface area contributed by atoms with E-state index in [1.807, 2.05) is 47.2 Å². The first-order chi connectivity index (χ1) is 10.6. The number of nitrogens with one attached hydrogen (secondary N) is 1. The summed E-state index contributed by atoms with van der Waals surface area (Å²) in [7, 11) is 0. The number of likely N-dealkylation sites (N-methyl/N-ethyl adjacent to an activating group) is 1. The lowest BCUT2D eigenvalue weighted by Gasteiger charge is -2.08. The van der Waals surface area contributed by atoms with Crippen LogP contribution < -0.4 is 5.32 Å². The van der Waals surface area contributed by atoms with Crippen molar-refractivity contribution in [1.29, 1.82) is 0 Å². The molecule has 0 saturated carbocycles. The summed E-state index contributed by atoms with van der Waals surface area (Å²) in [6, 6.07) is 11.3. The maximum atomic E-state index is 12.1. The first-order valence-corrected chi connectivity index (χ1v) is 7.67. The third-order valence-corrected chi connectivity index (χ3v) is 3.93. The van der Waals surface area contributed by atoms with Crippen molar-refractivity contribution in [2.75, 3.05) is 6.54 Å². The quantitative estimate of drug-likeness (QED) is 0.675. The van der Waals surface area contributed by atoms with E-state index in [1.165, 1.54) is 4.90 Å². The second-order valence-corrected chi connectivity index (χ2v) is 5.74. The number of hydrogen-bond donors (Lipinski definition) is 1. The van der Waals surface area contributed by atoms with E-state index in [9.17, 15) is 9.59 Å². The van der Waals surface area contributed by atoms with Gasteiger partial charge in [0.15, 0.2) is 0 Å². The fourth-order valence-electron chi connectivity index (χ4n) is 2.38. The maximum absolute atomic E-state index is 12.1. The van der Waals surface area contributed by atoms with E-state index in [2.05, 4.69) is 21.2 Å².